The van der Waals surface area contributed by atoms with Gasteiger partial charge in [-0.15, -0.1) is 11.8 Å². The number of amides is 2. The highest BCUT2D eigenvalue weighted by Crippen LogP contribution is 2.26. The first kappa shape index (κ1) is 23.3. The fourth-order valence-corrected chi connectivity index (χ4v) is 4.69. The Morgan fingerprint density at radius 2 is 1.69 bits per heavy atom. The lowest BCUT2D eigenvalue weighted by Crippen LogP contribution is -2.38. The van der Waals surface area contributed by atoms with Gasteiger partial charge in [-0.2, -0.15) is 0 Å². The van der Waals surface area contributed by atoms with Gasteiger partial charge in [0.1, 0.15) is 12.4 Å². The maximum atomic E-state index is 13.8. The maximum absolute atomic E-state index is 13.8. The molecule has 10 heteroatoms. The normalized spacial score (nSPS) is 11.1. The second-order valence-electron chi connectivity index (χ2n) is 6.66. The molecule has 2 amide bonds. The molecule has 0 heterocycles. The molecule has 32 heavy (non-hydrogen) atoms. The Bertz CT molecular complexity index is 1230. The van der Waals surface area contributed by atoms with Crippen LogP contribution in [-0.2, 0) is 14.8 Å². The van der Waals surface area contributed by atoms with E-state index in [1.165, 1.54) is 66.4 Å². The molecule has 0 unspecified atom stereocenters. The van der Waals surface area contributed by atoms with Gasteiger partial charge >= 0.3 is 0 Å². The van der Waals surface area contributed by atoms with E-state index in [2.05, 4.69) is 5.32 Å². The van der Waals surface area contributed by atoms with Gasteiger partial charge in [-0.1, -0.05) is 6.07 Å². The van der Waals surface area contributed by atoms with E-state index >= 15 is 0 Å². The minimum absolute atomic E-state index is 0.0122. The first-order chi connectivity index (χ1) is 15.2. The smallest absolute Gasteiger partial charge is 0.264 e. The topological polar surface area (TPSA) is 110 Å². The van der Waals surface area contributed by atoms with Gasteiger partial charge in [0.15, 0.2) is 0 Å². The van der Waals surface area contributed by atoms with Crippen LogP contribution in [0.2, 0.25) is 0 Å². The van der Waals surface area contributed by atoms with E-state index < -0.39 is 34.2 Å². The molecule has 0 radical (unpaired) electrons. The minimum Gasteiger partial charge on any atom is -0.366 e. The van der Waals surface area contributed by atoms with Crippen LogP contribution in [0, 0.1) is 5.82 Å². The third-order valence-corrected chi connectivity index (χ3v) is 7.02. The summed E-state index contributed by atoms with van der Waals surface area (Å²) in [6.07, 6.45) is 1.86. The highest BCUT2D eigenvalue weighted by atomic mass is 32.2. The molecule has 0 saturated carbocycles. The first-order valence-corrected chi connectivity index (χ1v) is 12.0. The van der Waals surface area contributed by atoms with Gasteiger partial charge < -0.3 is 11.1 Å². The van der Waals surface area contributed by atoms with E-state index in [4.69, 9.17) is 5.73 Å². The van der Waals surface area contributed by atoms with Gasteiger partial charge in [0.2, 0.25) is 11.8 Å². The van der Waals surface area contributed by atoms with Crippen LogP contribution in [0.5, 0.6) is 0 Å². The number of nitrogens with one attached hydrogen (secondary N) is 1. The lowest BCUT2D eigenvalue weighted by molar-refractivity contribution is -0.114. The molecule has 0 fully saturated rings. The Kier molecular flexibility index (Phi) is 7.16. The van der Waals surface area contributed by atoms with Crippen molar-refractivity contribution in [3.8, 4) is 0 Å². The van der Waals surface area contributed by atoms with E-state index in [1.807, 2.05) is 6.26 Å². The Hall–Kier alpha value is -3.37. The van der Waals surface area contributed by atoms with Crippen LogP contribution >= 0.6 is 11.8 Å². The van der Waals surface area contributed by atoms with Gasteiger partial charge in [0, 0.05) is 16.1 Å². The molecule has 3 rings (SSSR count). The number of primary amides is 1. The van der Waals surface area contributed by atoms with Crippen LogP contribution in [0.4, 0.5) is 15.8 Å². The Morgan fingerprint density at radius 1 is 1.03 bits per heavy atom. The predicted octanol–water partition coefficient (Wildman–Crippen LogP) is 3.48. The third-order valence-electron chi connectivity index (χ3n) is 4.48. The number of hydrogen-bond acceptors (Lipinski definition) is 5. The lowest BCUT2D eigenvalue weighted by Gasteiger charge is -2.24. The monoisotopic (exact) mass is 473 g/mol. The van der Waals surface area contributed by atoms with E-state index in [9.17, 15) is 22.4 Å². The summed E-state index contributed by atoms with van der Waals surface area (Å²) in [7, 11) is -4.17. The number of rotatable bonds is 8. The molecule has 3 N–H and O–H groups in total. The lowest BCUT2D eigenvalue weighted by atomic mass is 10.2. The molecule has 7 nitrogen and oxygen atoms in total. The number of benzene rings is 3. The maximum Gasteiger partial charge on any atom is 0.264 e. The van der Waals surface area contributed by atoms with Crippen molar-refractivity contribution in [2.75, 3.05) is 22.4 Å². The van der Waals surface area contributed by atoms with Crippen molar-refractivity contribution in [2.24, 2.45) is 5.73 Å². The standard InChI is InChI=1S/C22H20FN3O4S2/c1-31-19-9-11-20(12-10-19)32(29,30)26(18-4-2-3-16(23)13-18)14-21(27)25-17-7-5-15(6-8-17)22(24)28/h2-13H,14H2,1H3,(H2,24,28)(H,25,27). The van der Waals surface area contributed by atoms with Crippen molar-refractivity contribution in [3.05, 3.63) is 84.2 Å². The quantitative estimate of drug-likeness (QED) is 0.487. The van der Waals surface area contributed by atoms with Crippen LogP contribution in [0.1, 0.15) is 10.4 Å². The van der Waals surface area contributed by atoms with Crippen molar-refractivity contribution in [1.29, 1.82) is 0 Å². The van der Waals surface area contributed by atoms with Gasteiger partial charge in [0.05, 0.1) is 10.6 Å². The molecular weight excluding hydrogens is 453 g/mol. The van der Waals surface area contributed by atoms with Gasteiger partial charge in [-0.05, 0) is 73.0 Å². The third kappa shape index (κ3) is 5.45. The van der Waals surface area contributed by atoms with Crippen molar-refractivity contribution in [2.45, 2.75) is 9.79 Å². The molecule has 3 aromatic rings. The molecule has 0 aliphatic heterocycles. The molecule has 0 spiro atoms. The molecule has 166 valence electrons. The number of nitrogens with zero attached hydrogens (tertiary/aromatic N) is 1. The summed E-state index contributed by atoms with van der Waals surface area (Å²) >= 11 is 1.46. The zero-order chi connectivity index (χ0) is 23.3. The van der Waals surface area contributed by atoms with Gasteiger partial charge in [0.25, 0.3) is 10.0 Å². The fraction of sp³-hybridized carbons (Fsp3) is 0.0909. The second kappa shape index (κ2) is 9.84. The number of carbonyl (C=O) groups excluding carboxylic acids is 2. The number of hydrogen-bond donors (Lipinski definition) is 2. The van der Waals surface area contributed by atoms with Crippen LogP contribution in [0.25, 0.3) is 0 Å². The Labute approximate surface area is 189 Å². The van der Waals surface area contributed by atoms with Crippen LogP contribution in [-0.4, -0.2) is 33.0 Å². The number of carbonyl (C=O) groups is 2. The molecule has 0 bridgehead atoms. The summed E-state index contributed by atoms with van der Waals surface area (Å²) in [5, 5.41) is 2.57. The number of anilines is 2. The minimum atomic E-state index is -4.17. The number of nitrogens with two attached hydrogens (primary N) is 1. The molecule has 0 aromatic heterocycles. The van der Waals surface area contributed by atoms with Crippen LogP contribution < -0.4 is 15.4 Å². The molecule has 0 saturated heterocycles. The van der Waals surface area contributed by atoms with E-state index in [-0.39, 0.29) is 16.1 Å². The Morgan fingerprint density at radius 3 is 2.25 bits per heavy atom. The molecule has 3 aromatic carbocycles. The summed E-state index contributed by atoms with van der Waals surface area (Å²) in [5.74, 6) is -1.90. The van der Waals surface area contributed by atoms with Crippen LogP contribution in [0.3, 0.4) is 0 Å². The van der Waals surface area contributed by atoms with Crippen molar-refractivity contribution in [1.82, 2.24) is 0 Å². The van der Waals surface area contributed by atoms with E-state index in [0.717, 1.165) is 15.3 Å². The van der Waals surface area contributed by atoms with Crippen molar-refractivity contribution in [3.63, 3.8) is 0 Å². The van der Waals surface area contributed by atoms with Gasteiger partial charge in [-0.3, -0.25) is 13.9 Å². The zero-order valence-electron chi connectivity index (χ0n) is 17.0. The van der Waals surface area contributed by atoms with E-state index in [0.29, 0.717) is 5.69 Å². The summed E-state index contributed by atoms with van der Waals surface area (Å²) in [5.41, 5.74) is 5.82. The second-order valence-corrected chi connectivity index (χ2v) is 9.40. The van der Waals surface area contributed by atoms with Crippen LogP contribution in [0.15, 0.2) is 82.6 Å². The SMILES string of the molecule is CSc1ccc(S(=O)(=O)N(CC(=O)Nc2ccc(C(N)=O)cc2)c2cccc(F)c2)cc1. The molecule has 0 aliphatic carbocycles. The highest BCUT2D eigenvalue weighted by Gasteiger charge is 2.27. The summed E-state index contributed by atoms with van der Waals surface area (Å²) in [4.78, 5) is 24.7. The average molecular weight is 474 g/mol. The largest absolute Gasteiger partial charge is 0.366 e. The van der Waals surface area contributed by atoms with E-state index in [1.54, 1.807) is 12.1 Å². The highest BCUT2D eigenvalue weighted by molar-refractivity contribution is 7.98. The average Bonchev–Trinajstić information content (AvgIpc) is 2.77. The Balaban J connectivity index is 1.90. The fourth-order valence-electron chi connectivity index (χ4n) is 2.87. The number of halogens is 1. The summed E-state index contributed by atoms with van der Waals surface area (Å²) in [6, 6.07) is 17.0. The molecule has 0 atom stereocenters. The first-order valence-electron chi connectivity index (χ1n) is 9.33. The van der Waals surface area contributed by atoms with Crippen molar-refractivity contribution < 1.29 is 22.4 Å². The number of sulfonamides is 1. The van der Waals surface area contributed by atoms with Crippen molar-refractivity contribution >= 4 is 45.0 Å². The zero-order valence-corrected chi connectivity index (χ0v) is 18.6. The van der Waals surface area contributed by atoms with Gasteiger partial charge in [-0.25, -0.2) is 12.8 Å². The summed E-state index contributed by atoms with van der Waals surface area (Å²) in [6.45, 7) is -0.590. The molecule has 0 aliphatic rings. The molecular formula is C22H20FN3O4S2. The number of thioether (sulfide) groups is 1. The summed E-state index contributed by atoms with van der Waals surface area (Å²) < 4.78 is 41.3. The predicted molar refractivity (Wildman–Crippen MR) is 123 cm³/mol.